The van der Waals surface area contributed by atoms with E-state index in [1.807, 2.05) is 35.2 Å². The van der Waals surface area contributed by atoms with Crippen molar-refractivity contribution in [1.29, 1.82) is 0 Å². The standard InChI is InChI=1S/C26H31N3O6/c30-25(11-20-3-4-23-24(10-20)35-18-34-23)29-15-22(33-17-21-2-1-7-27-12-21)14-28(26(31)16-29)13-19-5-8-32-9-6-19/h1-4,7,10,12,19,22H,5-6,8-9,11,13-18H2/t22-/m1/s1. The van der Waals surface area contributed by atoms with Crippen LogP contribution in [0.5, 0.6) is 11.5 Å². The average Bonchev–Trinajstić information content (AvgIpc) is 3.29. The van der Waals surface area contributed by atoms with Crippen LogP contribution in [0.2, 0.25) is 0 Å². The van der Waals surface area contributed by atoms with E-state index in [1.54, 1.807) is 17.3 Å². The molecule has 9 nitrogen and oxygen atoms in total. The van der Waals surface area contributed by atoms with Crippen LogP contribution >= 0.6 is 0 Å². The van der Waals surface area contributed by atoms with E-state index in [0.717, 1.165) is 37.2 Å². The third kappa shape index (κ3) is 6.10. The second kappa shape index (κ2) is 11.0. The van der Waals surface area contributed by atoms with E-state index in [-0.39, 0.29) is 37.7 Å². The molecule has 2 aromatic rings. The van der Waals surface area contributed by atoms with E-state index in [9.17, 15) is 9.59 Å². The Bertz CT molecular complexity index is 1030. The highest BCUT2D eigenvalue weighted by molar-refractivity contribution is 5.86. The van der Waals surface area contributed by atoms with Gasteiger partial charge in [-0.3, -0.25) is 14.6 Å². The number of hydrogen-bond acceptors (Lipinski definition) is 7. The number of carbonyl (C=O) groups is 2. The number of aromatic nitrogens is 1. The van der Waals surface area contributed by atoms with Gasteiger partial charge >= 0.3 is 0 Å². The molecule has 0 aliphatic carbocycles. The largest absolute Gasteiger partial charge is 0.454 e. The maximum Gasteiger partial charge on any atom is 0.242 e. The SMILES string of the molecule is O=C(Cc1ccc2c(c1)OCO2)N1CC(=O)N(CC2CCOCC2)C[C@@H](OCc2cccnc2)C1. The molecule has 1 atom stereocenters. The summed E-state index contributed by atoms with van der Waals surface area (Å²) in [7, 11) is 0. The Balaban J connectivity index is 1.28. The summed E-state index contributed by atoms with van der Waals surface area (Å²) >= 11 is 0. The molecule has 2 amide bonds. The van der Waals surface area contributed by atoms with Crippen molar-refractivity contribution in [2.45, 2.75) is 32.0 Å². The van der Waals surface area contributed by atoms with Crippen molar-refractivity contribution in [2.75, 3.05) is 46.2 Å². The maximum atomic E-state index is 13.3. The van der Waals surface area contributed by atoms with Crippen molar-refractivity contribution in [3.8, 4) is 11.5 Å². The van der Waals surface area contributed by atoms with Gasteiger partial charge in [-0.05, 0) is 48.1 Å². The van der Waals surface area contributed by atoms with Crippen LogP contribution in [0.15, 0.2) is 42.7 Å². The molecule has 0 spiro atoms. The molecule has 2 fully saturated rings. The van der Waals surface area contributed by atoms with Gasteiger partial charge in [0.15, 0.2) is 11.5 Å². The van der Waals surface area contributed by atoms with Crippen LogP contribution in [0.3, 0.4) is 0 Å². The number of amides is 2. The Labute approximate surface area is 204 Å². The van der Waals surface area contributed by atoms with E-state index >= 15 is 0 Å². The van der Waals surface area contributed by atoms with E-state index < -0.39 is 0 Å². The van der Waals surface area contributed by atoms with Crippen LogP contribution in [0.25, 0.3) is 0 Å². The zero-order valence-corrected chi connectivity index (χ0v) is 19.8. The molecular weight excluding hydrogens is 450 g/mol. The van der Waals surface area contributed by atoms with Crippen LogP contribution in [0.1, 0.15) is 24.0 Å². The topological polar surface area (TPSA) is 90.4 Å². The van der Waals surface area contributed by atoms with Gasteiger partial charge in [-0.25, -0.2) is 0 Å². The van der Waals surface area contributed by atoms with Gasteiger partial charge in [-0.1, -0.05) is 12.1 Å². The fourth-order valence-electron chi connectivity index (χ4n) is 4.73. The van der Waals surface area contributed by atoms with Crippen LogP contribution in [-0.2, 0) is 32.1 Å². The number of rotatable bonds is 7. The Hall–Kier alpha value is -3.17. The summed E-state index contributed by atoms with van der Waals surface area (Å²) in [5, 5.41) is 0. The smallest absolute Gasteiger partial charge is 0.242 e. The van der Waals surface area contributed by atoms with Crippen molar-refractivity contribution in [2.24, 2.45) is 5.92 Å². The molecule has 0 saturated carbocycles. The molecule has 3 aliphatic rings. The third-order valence-corrected chi connectivity index (χ3v) is 6.70. The lowest BCUT2D eigenvalue weighted by Gasteiger charge is -2.30. The minimum absolute atomic E-state index is 0.0389. The molecule has 4 heterocycles. The Morgan fingerprint density at radius 2 is 1.94 bits per heavy atom. The molecule has 0 unspecified atom stereocenters. The van der Waals surface area contributed by atoms with Gasteiger partial charge in [-0.2, -0.15) is 0 Å². The molecule has 186 valence electrons. The summed E-state index contributed by atoms with van der Waals surface area (Å²) in [5.41, 5.74) is 1.78. The lowest BCUT2D eigenvalue weighted by molar-refractivity contribution is -0.138. The second-order valence-corrected chi connectivity index (χ2v) is 9.29. The molecule has 1 aromatic carbocycles. The molecule has 9 heteroatoms. The molecule has 0 N–H and O–H groups in total. The minimum Gasteiger partial charge on any atom is -0.454 e. The van der Waals surface area contributed by atoms with Crippen molar-refractivity contribution < 1.29 is 28.5 Å². The molecule has 0 bridgehead atoms. The highest BCUT2D eigenvalue weighted by Crippen LogP contribution is 2.32. The lowest BCUT2D eigenvalue weighted by atomic mass is 9.99. The first-order valence-corrected chi connectivity index (χ1v) is 12.2. The van der Waals surface area contributed by atoms with Crippen molar-refractivity contribution >= 4 is 11.8 Å². The van der Waals surface area contributed by atoms with E-state index in [2.05, 4.69) is 4.98 Å². The number of nitrogens with zero attached hydrogens (tertiary/aromatic N) is 3. The number of benzene rings is 1. The number of ether oxygens (including phenoxy) is 4. The summed E-state index contributed by atoms with van der Waals surface area (Å²) in [4.78, 5) is 34.2. The van der Waals surface area contributed by atoms with E-state index in [0.29, 0.717) is 43.7 Å². The fourth-order valence-corrected chi connectivity index (χ4v) is 4.73. The monoisotopic (exact) mass is 481 g/mol. The molecule has 5 rings (SSSR count). The molecule has 1 aromatic heterocycles. The predicted molar refractivity (Wildman–Crippen MR) is 126 cm³/mol. The molecule has 2 saturated heterocycles. The number of pyridine rings is 1. The fraction of sp³-hybridized carbons (Fsp3) is 0.500. The van der Waals surface area contributed by atoms with Crippen LogP contribution < -0.4 is 9.47 Å². The van der Waals surface area contributed by atoms with E-state index in [4.69, 9.17) is 18.9 Å². The Morgan fingerprint density at radius 1 is 1.09 bits per heavy atom. The zero-order chi connectivity index (χ0) is 24.0. The van der Waals surface area contributed by atoms with Crippen LogP contribution in [0, 0.1) is 5.92 Å². The molecule has 35 heavy (non-hydrogen) atoms. The summed E-state index contributed by atoms with van der Waals surface area (Å²) in [6, 6.07) is 9.33. The summed E-state index contributed by atoms with van der Waals surface area (Å²) < 4.78 is 22.5. The predicted octanol–water partition coefficient (Wildman–Crippen LogP) is 2.04. The summed E-state index contributed by atoms with van der Waals surface area (Å²) in [5.74, 6) is 1.58. The van der Waals surface area contributed by atoms with Crippen molar-refractivity contribution in [1.82, 2.24) is 14.8 Å². The first-order valence-electron chi connectivity index (χ1n) is 12.2. The summed E-state index contributed by atoms with van der Waals surface area (Å²) in [6.45, 7) is 3.57. The van der Waals surface area contributed by atoms with Gasteiger partial charge in [0.25, 0.3) is 0 Å². The van der Waals surface area contributed by atoms with Crippen LogP contribution in [-0.4, -0.2) is 78.9 Å². The lowest BCUT2D eigenvalue weighted by Crippen LogP contribution is -2.42. The van der Waals surface area contributed by atoms with Gasteiger partial charge in [-0.15, -0.1) is 0 Å². The van der Waals surface area contributed by atoms with Gasteiger partial charge in [0, 0.05) is 45.2 Å². The van der Waals surface area contributed by atoms with Crippen molar-refractivity contribution in [3.63, 3.8) is 0 Å². The third-order valence-electron chi connectivity index (χ3n) is 6.70. The zero-order valence-electron chi connectivity index (χ0n) is 19.8. The molecule has 3 aliphatic heterocycles. The quantitative estimate of drug-likeness (QED) is 0.598. The Morgan fingerprint density at radius 3 is 2.77 bits per heavy atom. The molecular formula is C26H31N3O6. The highest BCUT2D eigenvalue weighted by atomic mass is 16.7. The van der Waals surface area contributed by atoms with Gasteiger partial charge in [0.2, 0.25) is 18.6 Å². The average molecular weight is 482 g/mol. The first kappa shape index (κ1) is 23.6. The second-order valence-electron chi connectivity index (χ2n) is 9.29. The first-order chi connectivity index (χ1) is 17.1. The minimum atomic E-state index is -0.290. The number of fused-ring (bicyclic) bond motifs is 1. The maximum absolute atomic E-state index is 13.3. The molecule has 0 radical (unpaired) electrons. The number of hydrogen-bond donors (Lipinski definition) is 0. The van der Waals surface area contributed by atoms with Crippen LogP contribution in [0.4, 0.5) is 0 Å². The van der Waals surface area contributed by atoms with Gasteiger partial charge < -0.3 is 28.7 Å². The number of carbonyl (C=O) groups excluding carboxylic acids is 2. The van der Waals surface area contributed by atoms with Gasteiger partial charge in [0.05, 0.1) is 25.7 Å². The summed E-state index contributed by atoms with van der Waals surface area (Å²) in [6.07, 6.45) is 5.26. The highest BCUT2D eigenvalue weighted by Gasteiger charge is 2.32. The van der Waals surface area contributed by atoms with Crippen molar-refractivity contribution in [3.05, 3.63) is 53.9 Å². The Kier molecular flexibility index (Phi) is 7.44. The van der Waals surface area contributed by atoms with E-state index in [1.165, 1.54) is 0 Å². The van der Waals surface area contributed by atoms with Gasteiger partial charge in [0.1, 0.15) is 0 Å². The normalized spacial score (nSPS) is 20.7.